The number of nitrogens with zero attached hydrogens (tertiary/aromatic N) is 6. The van der Waals surface area contributed by atoms with E-state index in [1.54, 1.807) is 36.5 Å². The first-order valence-electron chi connectivity index (χ1n) is 29.7. The molecule has 11 rings (SSSR count). The Hall–Kier alpha value is -7.98. The van der Waals surface area contributed by atoms with E-state index in [1.807, 2.05) is 24.3 Å². The van der Waals surface area contributed by atoms with Crippen LogP contribution in [-0.2, 0) is 26.0 Å². The van der Waals surface area contributed by atoms with Crippen molar-refractivity contribution in [1.82, 2.24) is 34.7 Å². The average Bonchev–Trinajstić information content (AvgIpc) is 2.05. The molecule has 6 heterocycles. The number of sulfonamides is 1. The molecule has 2 aromatic heterocycles. The number of fused-ring (bicyclic) bond motifs is 2. The predicted molar refractivity (Wildman–Crippen MR) is 328 cm³/mol. The Balaban J connectivity index is 0.670. The molecule has 1 unspecified atom stereocenters. The third-order valence-electron chi connectivity index (χ3n) is 17.6. The van der Waals surface area contributed by atoms with Crippen molar-refractivity contribution in [3.63, 3.8) is 0 Å². The number of nitrogens with one attached hydrogen (secondary N) is 4. The van der Waals surface area contributed by atoms with Gasteiger partial charge in [0.15, 0.2) is 0 Å². The lowest BCUT2D eigenvalue weighted by Gasteiger charge is -2.39. The van der Waals surface area contributed by atoms with Gasteiger partial charge in [0.05, 0.1) is 32.7 Å². The van der Waals surface area contributed by atoms with Crippen molar-refractivity contribution in [2.24, 2.45) is 11.3 Å². The summed E-state index contributed by atoms with van der Waals surface area (Å²) < 4.78 is 36.5. The Morgan fingerprint density at radius 1 is 0.860 bits per heavy atom. The van der Waals surface area contributed by atoms with Gasteiger partial charge in [0.2, 0.25) is 11.8 Å². The second kappa shape index (κ2) is 25.5. The summed E-state index contributed by atoms with van der Waals surface area (Å²) in [6.07, 6.45) is 12.6. The van der Waals surface area contributed by atoms with Crippen molar-refractivity contribution in [2.45, 2.75) is 102 Å². The molecule has 0 spiro atoms. The summed E-state index contributed by atoms with van der Waals surface area (Å²) in [7, 11) is -4.63. The van der Waals surface area contributed by atoms with Crippen molar-refractivity contribution in [3.8, 4) is 11.5 Å². The number of allylic oxidation sites excluding steroid dienone is 1. The maximum absolute atomic E-state index is 14.2. The third-order valence-corrected chi connectivity index (χ3v) is 19.1. The minimum Gasteiger partial charge on any atom is -0.455 e. The number of aromatic amines is 1. The van der Waals surface area contributed by atoms with Gasteiger partial charge in [-0.25, -0.2) is 18.1 Å². The average molecular weight is 1210 g/mol. The largest absolute Gasteiger partial charge is 0.455 e. The highest BCUT2D eigenvalue weighted by Gasteiger charge is 2.45. The zero-order chi connectivity index (χ0) is 60.3. The molecule has 0 radical (unpaired) electrons. The summed E-state index contributed by atoms with van der Waals surface area (Å²) in [5, 5.41) is 19.4. The Labute approximate surface area is 504 Å². The molecule has 6 aromatic rings. The number of ether oxygens (including phenoxy) is 1. The van der Waals surface area contributed by atoms with Gasteiger partial charge in [-0.05, 0) is 160 Å². The molecule has 4 aliphatic heterocycles. The van der Waals surface area contributed by atoms with E-state index >= 15 is 0 Å². The molecular weight excluding hydrogens is 1140 g/mol. The number of likely N-dealkylation sites (tertiary alicyclic amines) is 1. The van der Waals surface area contributed by atoms with E-state index in [4.69, 9.17) is 16.3 Å². The smallest absolute Gasteiger partial charge is 0.293 e. The van der Waals surface area contributed by atoms with Crippen molar-refractivity contribution in [2.75, 3.05) is 69.1 Å². The number of anilines is 2. The Morgan fingerprint density at radius 3 is 2.41 bits per heavy atom. The molecule has 4 N–H and O–H groups in total. The van der Waals surface area contributed by atoms with E-state index in [2.05, 4.69) is 66.0 Å². The molecule has 450 valence electrons. The summed E-state index contributed by atoms with van der Waals surface area (Å²) in [6.45, 7) is 11.6. The summed E-state index contributed by atoms with van der Waals surface area (Å²) >= 11 is 6.27. The van der Waals surface area contributed by atoms with E-state index in [-0.39, 0.29) is 41.2 Å². The van der Waals surface area contributed by atoms with Crippen LogP contribution in [0.4, 0.5) is 17.1 Å². The van der Waals surface area contributed by atoms with Crippen LogP contribution in [0.5, 0.6) is 11.5 Å². The predicted octanol–water partition coefficient (Wildman–Crippen LogP) is 10.1. The standard InChI is InChI=1S/C64H71ClN10O10S/c1-64(2)25-21-45(52(37-64)42-11-13-46(65)14-12-42)40-72-30-32-73(33-31-72)47-15-17-50(56(35-47)85-48-34-44-22-26-66-59(44)68-39-48)60(77)70-86(83,84)49-16-18-53(55(36-49)75(81)82)67-38-41-23-28-71(29-24-41)27-6-4-3-5-8-43-9-7-10-51-58(43)63(80)74(62(51)79)54-19-20-57(76)69-61(54)78/h7,9-18,22,26,34-36,39,41,54,67H,3-6,8,19-21,23-25,27-33,37-38,40H2,1-2H3,(H,66,68)(H,70,77)(H,69,76,78). The molecule has 3 fully saturated rings. The zero-order valence-corrected chi connectivity index (χ0v) is 49.9. The monoisotopic (exact) mass is 1210 g/mol. The van der Waals surface area contributed by atoms with E-state index in [0.29, 0.717) is 48.6 Å². The van der Waals surface area contributed by atoms with Crippen LogP contribution in [0, 0.1) is 21.4 Å². The summed E-state index contributed by atoms with van der Waals surface area (Å²) in [5.74, 6) is -2.35. The Bertz CT molecular complexity index is 3760. The third kappa shape index (κ3) is 13.5. The highest BCUT2D eigenvalue weighted by molar-refractivity contribution is 7.90. The van der Waals surface area contributed by atoms with Crippen LogP contribution in [0.25, 0.3) is 16.6 Å². The number of unbranched alkanes of at least 4 members (excludes halogenated alkanes) is 3. The molecule has 5 aliphatic rings. The van der Waals surface area contributed by atoms with Crippen LogP contribution in [0.15, 0.2) is 114 Å². The Morgan fingerprint density at radius 2 is 1.64 bits per heavy atom. The van der Waals surface area contributed by atoms with E-state index in [9.17, 15) is 42.5 Å². The van der Waals surface area contributed by atoms with Gasteiger partial charge in [-0.15, -0.1) is 0 Å². The molecule has 5 amide bonds. The van der Waals surface area contributed by atoms with Gasteiger partial charge in [0.1, 0.15) is 28.9 Å². The number of aryl methyl sites for hydroxylation is 1. The highest BCUT2D eigenvalue weighted by Crippen LogP contribution is 2.44. The van der Waals surface area contributed by atoms with Crippen LogP contribution in [0.1, 0.15) is 127 Å². The van der Waals surface area contributed by atoms with E-state index < -0.39 is 61.1 Å². The number of carbonyl (C=O) groups excluding carboxylic acids is 5. The molecule has 1 atom stereocenters. The number of piperazine rings is 1. The lowest BCUT2D eigenvalue weighted by molar-refractivity contribution is -0.384. The first-order chi connectivity index (χ1) is 41.4. The SMILES string of the molecule is CC1(C)CCC(CN2CCN(c3ccc(C(=O)NS(=O)(=O)c4ccc(NCC5CCN(CCCCCCc6cccc7c6C(=O)N(C6CCC(=O)NC6=O)C7=O)CC5)c([N+](=O)[O-])c4)c(Oc4cnc5[nH]ccc5c4)c3)CC2)=C(c2ccc(Cl)cc2)C1. The van der Waals surface area contributed by atoms with Crippen molar-refractivity contribution < 1.29 is 42.1 Å². The minimum absolute atomic E-state index is 0.0589. The molecule has 4 aromatic carbocycles. The van der Waals surface area contributed by atoms with E-state index in [1.165, 1.54) is 41.1 Å². The van der Waals surface area contributed by atoms with Crippen molar-refractivity contribution in [3.05, 3.63) is 152 Å². The number of carbonyl (C=O) groups is 5. The number of nitro benzene ring substituents is 1. The van der Waals surface area contributed by atoms with Gasteiger partial charge in [0.25, 0.3) is 33.4 Å². The lowest BCUT2D eigenvalue weighted by atomic mass is 9.72. The molecule has 1 aliphatic carbocycles. The number of rotatable bonds is 21. The molecule has 3 saturated heterocycles. The van der Waals surface area contributed by atoms with E-state index in [0.717, 1.165) is 130 Å². The highest BCUT2D eigenvalue weighted by atomic mass is 35.5. The molecular formula is C64H71ClN10O10S. The molecule has 20 nitrogen and oxygen atoms in total. The van der Waals surface area contributed by atoms with Crippen LogP contribution in [-0.4, -0.2) is 132 Å². The van der Waals surface area contributed by atoms with Crippen LogP contribution in [0.2, 0.25) is 5.02 Å². The number of benzene rings is 4. The topological polar surface area (TPSA) is 250 Å². The number of imide groups is 2. The van der Waals surface area contributed by atoms with Gasteiger partial charge >= 0.3 is 0 Å². The van der Waals surface area contributed by atoms with Crippen LogP contribution in [0.3, 0.4) is 0 Å². The van der Waals surface area contributed by atoms with Crippen molar-refractivity contribution >= 4 is 84.8 Å². The number of nitro groups is 1. The lowest BCUT2D eigenvalue weighted by Crippen LogP contribution is -2.54. The minimum atomic E-state index is -4.63. The molecule has 0 bridgehead atoms. The molecule has 0 saturated carbocycles. The Kier molecular flexibility index (Phi) is 17.7. The fourth-order valence-electron chi connectivity index (χ4n) is 12.7. The normalized spacial score (nSPS) is 18.8. The summed E-state index contributed by atoms with van der Waals surface area (Å²) in [5.41, 5.74) is 6.80. The van der Waals surface area contributed by atoms with Gasteiger partial charge in [-0.2, -0.15) is 0 Å². The number of pyridine rings is 1. The van der Waals surface area contributed by atoms with Gasteiger partial charge in [0, 0.05) is 80.1 Å². The molecule has 86 heavy (non-hydrogen) atoms. The van der Waals surface area contributed by atoms with Crippen LogP contribution >= 0.6 is 11.6 Å². The fourth-order valence-corrected chi connectivity index (χ4v) is 13.8. The van der Waals surface area contributed by atoms with Gasteiger partial charge < -0.3 is 24.8 Å². The number of piperidine rings is 2. The number of hydrogen-bond acceptors (Lipinski definition) is 15. The summed E-state index contributed by atoms with van der Waals surface area (Å²) in [6, 6.07) is 24.6. The first-order valence-corrected chi connectivity index (χ1v) is 31.6. The summed E-state index contributed by atoms with van der Waals surface area (Å²) in [4.78, 5) is 92.1. The number of amides is 5. The quantitative estimate of drug-likeness (QED) is 0.0226. The number of hydrogen-bond donors (Lipinski definition) is 4. The second-order valence-corrected chi connectivity index (χ2v) is 26.2. The number of aromatic nitrogens is 2. The molecule has 22 heteroatoms. The maximum Gasteiger partial charge on any atom is 0.293 e. The fraction of sp³-hybridized carbons (Fsp3) is 0.406. The van der Waals surface area contributed by atoms with Crippen molar-refractivity contribution in [1.29, 1.82) is 0 Å². The number of H-pyrrole nitrogens is 1. The van der Waals surface area contributed by atoms with Gasteiger partial charge in [-0.1, -0.05) is 68.1 Å². The maximum atomic E-state index is 14.2. The zero-order valence-electron chi connectivity index (χ0n) is 48.4. The number of halogens is 1. The first kappa shape index (κ1) is 59.7. The van der Waals surface area contributed by atoms with Gasteiger partial charge in [-0.3, -0.25) is 49.2 Å². The van der Waals surface area contributed by atoms with Crippen LogP contribution < -0.4 is 25.0 Å². The second-order valence-electron chi connectivity index (χ2n) is 24.0.